The molecule has 30 heavy (non-hydrogen) atoms. The third kappa shape index (κ3) is 15.3. The minimum absolute atomic E-state index is 0.0773. The maximum absolute atomic E-state index is 11.4. The molecule has 0 heterocycles. The number of ether oxygens (including phenoxy) is 2. The highest BCUT2D eigenvalue weighted by Crippen LogP contribution is 2.29. The fraction of sp³-hybridized carbons (Fsp3) is 0.895. The van der Waals surface area contributed by atoms with Crippen LogP contribution in [0, 0.1) is 11.8 Å². The Hall–Kier alpha value is 1.39. The Balaban J connectivity index is 4.38. The van der Waals surface area contributed by atoms with Crippen LogP contribution in [0.25, 0.3) is 0 Å². The standard InChI is InChI=1S/C19H36O4S7/c20-18(3-7-24)22-5-1-16(29)13(11-26)9-15(28)10-14(12-27)17(30)2-6-23-19(21)4-8-25/h13-17,24-30H,1-12H2. The fourth-order valence-corrected chi connectivity index (χ4v) is 5.60. The number of carbonyl (C=O) groups is 2. The van der Waals surface area contributed by atoms with Crippen molar-refractivity contribution >= 4 is 100 Å². The summed E-state index contributed by atoms with van der Waals surface area (Å²) in [4.78, 5) is 22.9. The summed E-state index contributed by atoms with van der Waals surface area (Å²) >= 11 is 31.2. The lowest BCUT2D eigenvalue weighted by atomic mass is 9.92. The van der Waals surface area contributed by atoms with Crippen molar-refractivity contribution in [1.29, 1.82) is 0 Å². The van der Waals surface area contributed by atoms with Gasteiger partial charge >= 0.3 is 11.9 Å². The third-order valence-corrected chi connectivity index (χ3v) is 7.86. The van der Waals surface area contributed by atoms with E-state index in [4.69, 9.17) is 47.4 Å². The zero-order valence-corrected chi connectivity index (χ0v) is 23.4. The summed E-state index contributed by atoms with van der Waals surface area (Å²) in [5.74, 6) is 2.40. The molecule has 0 N–H and O–H groups in total. The van der Waals surface area contributed by atoms with Gasteiger partial charge in [0.25, 0.3) is 0 Å². The van der Waals surface area contributed by atoms with Gasteiger partial charge in [0.2, 0.25) is 0 Å². The molecule has 0 bridgehead atoms. The Kier molecular flexibility index (Phi) is 20.7. The van der Waals surface area contributed by atoms with Crippen molar-refractivity contribution in [3.63, 3.8) is 0 Å². The van der Waals surface area contributed by atoms with E-state index < -0.39 is 0 Å². The van der Waals surface area contributed by atoms with Gasteiger partial charge in [-0.1, -0.05) is 0 Å². The number of esters is 2. The van der Waals surface area contributed by atoms with Crippen molar-refractivity contribution in [3.05, 3.63) is 0 Å². The highest BCUT2D eigenvalue weighted by atomic mass is 32.1. The summed E-state index contributed by atoms with van der Waals surface area (Å²) in [5.41, 5.74) is 0. The van der Waals surface area contributed by atoms with Gasteiger partial charge in [-0.15, -0.1) is 0 Å². The van der Waals surface area contributed by atoms with Gasteiger partial charge in [-0.2, -0.15) is 88.4 Å². The molecule has 0 amide bonds. The molecule has 0 aliphatic heterocycles. The number of thiol groups is 7. The van der Waals surface area contributed by atoms with Crippen LogP contribution in [0.1, 0.15) is 38.5 Å². The highest BCUT2D eigenvalue weighted by Gasteiger charge is 2.25. The lowest BCUT2D eigenvalue weighted by Gasteiger charge is -2.28. The van der Waals surface area contributed by atoms with Crippen molar-refractivity contribution in [3.8, 4) is 0 Å². The first-order valence-corrected chi connectivity index (χ1v) is 14.2. The van der Waals surface area contributed by atoms with Crippen LogP contribution in [0.3, 0.4) is 0 Å². The average Bonchev–Trinajstić information content (AvgIpc) is 2.70. The van der Waals surface area contributed by atoms with Crippen LogP contribution in [-0.4, -0.2) is 63.9 Å². The molecule has 0 saturated heterocycles. The van der Waals surface area contributed by atoms with Crippen LogP contribution >= 0.6 is 88.4 Å². The summed E-state index contributed by atoms with van der Waals surface area (Å²) in [6.45, 7) is 0.707. The van der Waals surface area contributed by atoms with Gasteiger partial charge in [0.15, 0.2) is 0 Å². The van der Waals surface area contributed by atoms with Crippen LogP contribution in [-0.2, 0) is 19.1 Å². The summed E-state index contributed by atoms with van der Waals surface area (Å²) in [7, 11) is 0. The van der Waals surface area contributed by atoms with E-state index in [0.717, 1.165) is 12.8 Å². The number of carbonyl (C=O) groups excluding carboxylic acids is 2. The molecule has 0 fully saturated rings. The quantitative estimate of drug-likeness (QED) is 0.103. The highest BCUT2D eigenvalue weighted by molar-refractivity contribution is 7.82. The largest absolute Gasteiger partial charge is 0.466 e. The molecule has 0 aromatic rings. The molecule has 0 radical (unpaired) electrons. The molecule has 0 aromatic heterocycles. The second-order valence-corrected chi connectivity index (χ2v) is 10.8. The van der Waals surface area contributed by atoms with Gasteiger partial charge in [0.1, 0.15) is 0 Å². The molecule has 178 valence electrons. The normalized spacial score (nSPS) is 16.4. The third-order valence-electron chi connectivity index (χ3n) is 4.69. The van der Waals surface area contributed by atoms with Crippen molar-refractivity contribution in [2.75, 3.05) is 36.2 Å². The Labute approximate surface area is 220 Å². The molecule has 0 aliphatic rings. The smallest absolute Gasteiger partial charge is 0.306 e. The van der Waals surface area contributed by atoms with Crippen molar-refractivity contribution < 1.29 is 19.1 Å². The van der Waals surface area contributed by atoms with Crippen LogP contribution in [0.2, 0.25) is 0 Å². The van der Waals surface area contributed by atoms with E-state index >= 15 is 0 Å². The lowest BCUT2D eigenvalue weighted by Crippen LogP contribution is -2.27. The van der Waals surface area contributed by atoms with Crippen molar-refractivity contribution in [2.24, 2.45) is 11.8 Å². The van der Waals surface area contributed by atoms with Gasteiger partial charge in [-0.05, 0) is 49.0 Å². The summed E-state index contributed by atoms with van der Waals surface area (Å²) in [6.07, 6.45) is 3.70. The summed E-state index contributed by atoms with van der Waals surface area (Å²) in [5, 5.41) is 0.309. The van der Waals surface area contributed by atoms with Gasteiger partial charge in [0.05, 0.1) is 26.1 Å². The topological polar surface area (TPSA) is 52.6 Å². The maximum Gasteiger partial charge on any atom is 0.306 e. The van der Waals surface area contributed by atoms with E-state index in [0.29, 0.717) is 61.9 Å². The van der Waals surface area contributed by atoms with Gasteiger partial charge in [0, 0.05) is 27.3 Å². The molecular formula is C19H36O4S7. The number of hydrogen-bond acceptors (Lipinski definition) is 11. The van der Waals surface area contributed by atoms with E-state index in [1.807, 2.05) is 0 Å². The Morgan fingerprint density at radius 3 is 1.33 bits per heavy atom. The first kappa shape index (κ1) is 31.4. The van der Waals surface area contributed by atoms with Crippen molar-refractivity contribution in [1.82, 2.24) is 0 Å². The molecule has 4 atom stereocenters. The molecule has 0 aromatic carbocycles. The molecule has 0 rings (SSSR count). The van der Waals surface area contributed by atoms with E-state index in [2.05, 4.69) is 50.5 Å². The minimum atomic E-state index is -0.229. The monoisotopic (exact) mass is 552 g/mol. The lowest BCUT2D eigenvalue weighted by molar-refractivity contribution is -0.144. The fourth-order valence-electron chi connectivity index (χ4n) is 2.89. The van der Waals surface area contributed by atoms with Crippen LogP contribution < -0.4 is 0 Å². The summed E-state index contributed by atoms with van der Waals surface area (Å²) in [6, 6.07) is 0. The van der Waals surface area contributed by atoms with Gasteiger partial charge in [-0.25, -0.2) is 0 Å². The summed E-state index contributed by atoms with van der Waals surface area (Å²) < 4.78 is 10.4. The first-order chi connectivity index (χ1) is 14.3. The number of rotatable bonds is 18. The minimum Gasteiger partial charge on any atom is -0.466 e. The van der Waals surface area contributed by atoms with Gasteiger partial charge in [-0.3, -0.25) is 9.59 Å². The maximum atomic E-state index is 11.4. The first-order valence-electron chi connectivity index (χ1n) is 10.1. The zero-order valence-electron chi connectivity index (χ0n) is 17.1. The Bertz CT molecular complexity index is 430. The second-order valence-electron chi connectivity index (χ2n) is 7.11. The predicted molar refractivity (Wildman–Crippen MR) is 150 cm³/mol. The second kappa shape index (κ2) is 19.8. The molecule has 11 heteroatoms. The van der Waals surface area contributed by atoms with Crippen molar-refractivity contribution in [2.45, 2.75) is 54.3 Å². The van der Waals surface area contributed by atoms with Crippen LogP contribution in [0.5, 0.6) is 0 Å². The van der Waals surface area contributed by atoms with E-state index in [-0.39, 0.29) is 39.5 Å². The van der Waals surface area contributed by atoms with E-state index in [9.17, 15) is 9.59 Å². The molecular weight excluding hydrogens is 517 g/mol. The van der Waals surface area contributed by atoms with Gasteiger partial charge < -0.3 is 9.47 Å². The molecule has 4 unspecified atom stereocenters. The zero-order chi connectivity index (χ0) is 22.9. The Morgan fingerprint density at radius 1 is 0.667 bits per heavy atom. The number of hydrogen-bond donors (Lipinski definition) is 7. The van der Waals surface area contributed by atoms with Crippen LogP contribution in [0.15, 0.2) is 0 Å². The Morgan fingerprint density at radius 2 is 1.03 bits per heavy atom. The molecule has 0 saturated carbocycles. The van der Waals surface area contributed by atoms with Crippen LogP contribution in [0.4, 0.5) is 0 Å². The molecule has 0 aliphatic carbocycles. The molecule has 4 nitrogen and oxygen atoms in total. The predicted octanol–water partition coefficient (Wildman–Crippen LogP) is 4.26. The average molecular weight is 553 g/mol. The SMILES string of the molecule is O=C(CCS)OCCC(S)C(CS)CC(S)CC(CS)C(S)CCOC(=O)CCS. The van der Waals surface area contributed by atoms with E-state index in [1.165, 1.54) is 0 Å². The molecule has 0 spiro atoms. The van der Waals surface area contributed by atoms with E-state index in [1.54, 1.807) is 0 Å².